The zero-order valence-corrected chi connectivity index (χ0v) is 5.94. The number of hydrogen-bond donors (Lipinski definition) is 0. The van der Waals surface area contributed by atoms with Gasteiger partial charge in [-0.2, -0.15) is 0 Å². The molecule has 0 aliphatic heterocycles. The summed E-state index contributed by atoms with van der Waals surface area (Å²) in [6.45, 7) is 6.05. The first-order chi connectivity index (χ1) is 4.46. The summed E-state index contributed by atoms with van der Waals surface area (Å²) >= 11 is 0. The summed E-state index contributed by atoms with van der Waals surface area (Å²) < 4.78 is 15.5. The summed E-state index contributed by atoms with van der Waals surface area (Å²) in [7, 11) is 0. The Labute approximate surface area is 55.1 Å². The Morgan fingerprint density at radius 3 is 2.25 bits per heavy atom. The Kier molecular flexibility index (Phi) is 1.02. The molecule has 0 bridgehead atoms. The molecule has 4 unspecified atom stereocenters. The van der Waals surface area contributed by atoms with Gasteiger partial charge >= 0.3 is 0 Å². The first kappa shape index (κ1) is 3.92. The minimum Gasteiger partial charge on any atom is -0.0625 e. The molecule has 0 radical (unpaired) electrons. The van der Waals surface area contributed by atoms with Crippen LogP contribution in [0.25, 0.3) is 0 Å². The first-order valence-electron chi connectivity index (χ1n) is 4.46. The molecule has 1 saturated carbocycles. The maximum absolute atomic E-state index is 7.84. The largest absolute Gasteiger partial charge is 0.0625 e. The molecule has 1 aliphatic carbocycles. The van der Waals surface area contributed by atoms with Crippen molar-refractivity contribution in [3.63, 3.8) is 0 Å². The van der Waals surface area contributed by atoms with Crippen molar-refractivity contribution in [1.29, 1.82) is 0 Å². The minimum atomic E-state index is -0.501. The van der Waals surface area contributed by atoms with Gasteiger partial charge in [0.15, 0.2) is 0 Å². The first-order valence-corrected chi connectivity index (χ1v) is 3.38. The average molecular weight is 116 g/mol. The lowest BCUT2D eigenvalue weighted by Crippen LogP contribution is -1.95. The minimum absolute atomic E-state index is 0.178. The fraction of sp³-hybridized carbons (Fsp3) is 1.00. The van der Waals surface area contributed by atoms with E-state index in [-0.39, 0.29) is 6.40 Å². The van der Waals surface area contributed by atoms with Crippen LogP contribution >= 0.6 is 0 Å². The maximum atomic E-state index is 7.84. The van der Waals surface area contributed by atoms with Crippen molar-refractivity contribution in [3.8, 4) is 0 Å². The maximum Gasteiger partial charge on any atom is 0.0303 e. The molecule has 8 heavy (non-hydrogen) atoms. The van der Waals surface area contributed by atoms with E-state index in [2.05, 4.69) is 13.8 Å². The summed E-state index contributed by atoms with van der Waals surface area (Å²) in [5.74, 6) is 0.307. The molecule has 0 nitrogen and oxygen atoms in total. The summed E-state index contributed by atoms with van der Waals surface area (Å²) in [5, 5.41) is 0. The lowest BCUT2D eigenvalue weighted by atomic mass is 10.0. The van der Waals surface area contributed by atoms with Crippen molar-refractivity contribution >= 4 is 0 Å². The van der Waals surface area contributed by atoms with E-state index in [9.17, 15) is 0 Å². The van der Waals surface area contributed by atoms with Gasteiger partial charge in [0.25, 0.3) is 0 Å². The highest BCUT2D eigenvalue weighted by Gasteiger charge is 2.24. The second kappa shape index (κ2) is 2.08. The molecule has 0 aromatic rings. The number of hydrogen-bond acceptors (Lipinski definition) is 0. The lowest BCUT2D eigenvalue weighted by molar-refractivity contribution is 0.457. The molecule has 1 rings (SSSR count). The van der Waals surface area contributed by atoms with Crippen LogP contribution in [0.4, 0.5) is 0 Å². The molecule has 1 fully saturated rings. The van der Waals surface area contributed by atoms with Crippen molar-refractivity contribution in [1.82, 2.24) is 0 Å². The van der Waals surface area contributed by atoms with Crippen molar-refractivity contribution in [2.75, 3.05) is 0 Å². The normalized spacial score (nSPS) is 69.6. The van der Waals surface area contributed by atoms with E-state index >= 15 is 0 Å². The van der Waals surface area contributed by atoms with Gasteiger partial charge in [-0.25, -0.2) is 0 Å². The third kappa shape index (κ3) is 1.04. The second-order valence-electron chi connectivity index (χ2n) is 3.02. The van der Waals surface area contributed by atoms with Crippen LogP contribution in [0.2, 0.25) is 0 Å². The molecule has 0 spiro atoms. The van der Waals surface area contributed by atoms with Gasteiger partial charge in [0.1, 0.15) is 0 Å². The van der Waals surface area contributed by atoms with E-state index in [0.29, 0.717) is 11.8 Å². The molecular formula is C8H16. The molecular weight excluding hydrogens is 96.1 g/mol. The second-order valence-corrected chi connectivity index (χ2v) is 3.02. The highest BCUT2D eigenvalue weighted by atomic mass is 14.3. The quantitative estimate of drug-likeness (QED) is 0.456. The van der Waals surface area contributed by atoms with E-state index in [1.54, 1.807) is 0 Å². The van der Waals surface area contributed by atoms with Crippen LogP contribution in [-0.2, 0) is 0 Å². The van der Waals surface area contributed by atoms with E-state index in [0.717, 1.165) is 6.42 Å². The summed E-state index contributed by atoms with van der Waals surface area (Å²) in [4.78, 5) is 0. The molecule has 0 aromatic carbocycles. The van der Waals surface area contributed by atoms with Gasteiger partial charge in [-0.1, -0.05) is 20.8 Å². The van der Waals surface area contributed by atoms with Crippen LogP contribution in [0.1, 0.15) is 36.3 Å². The fourth-order valence-electron chi connectivity index (χ4n) is 1.42. The summed E-state index contributed by atoms with van der Waals surface area (Å²) in [5.41, 5.74) is 0. The zero-order valence-electron chi connectivity index (χ0n) is 7.94. The average Bonchev–Trinajstić information content (AvgIpc) is 1.97. The third-order valence-electron chi connectivity index (χ3n) is 2.05. The van der Waals surface area contributed by atoms with Gasteiger partial charge in [-0.05, 0) is 30.5 Å². The third-order valence-corrected chi connectivity index (χ3v) is 2.05. The van der Waals surface area contributed by atoms with E-state index < -0.39 is 5.89 Å². The van der Waals surface area contributed by atoms with Gasteiger partial charge in [0.05, 0.1) is 0 Å². The summed E-state index contributed by atoms with van der Waals surface area (Å²) in [6, 6.07) is 0. The van der Waals surface area contributed by atoms with Gasteiger partial charge in [-0.15, -0.1) is 0 Å². The smallest absolute Gasteiger partial charge is 0.0303 e. The van der Waals surface area contributed by atoms with Crippen LogP contribution in [0.15, 0.2) is 0 Å². The van der Waals surface area contributed by atoms with Gasteiger partial charge in [0.2, 0.25) is 0 Å². The molecule has 0 heterocycles. The molecule has 0 amide bonds. The van der Waals surface area contributed by atoms with E-state index in [1.807, 2.05) is 6.92 Å². The van der Waals surface area contributed by atoms with Crippen molar-refractivity contribution < 1.29 is 2.74 Å². The van der Waals surface area contributed by atoms with Gasteiger partial charge < -0.3 is 0 Å². The molecule has 0 N–H and O–H groups in total. The molecule has 48 valence electrons. The monoisotopic (exact) mass is 116 g/mol. The van der Waals surface area contributed by atoms with Crippen LogP contribution in [0.5, 0.6) is 0 Å². The highest BCUT2D eigenvalue weighted by molar-refractivity contribution is 4.74. The van der Waals surface area contributed by atoms with Gasteiger partial charge in [-0.3, -0.25) is 0 Å². The molecule has 0 aromatic heterocycles. The molecule has 1 aliphatic rings. The lowest BCUT2D eigenvalue weighted by Gasteiger charge is -2.04. The Bertz CT molecular complexity index is 131. The Morgan fingerprint density at radius 1 is 1.50 bits per heavy atom. The predicted molar refractivity (Wildman–Crippen MR) is 36.7 cm³/mol. The van der Waals surface area contributed by atoms with Gasteiger partial charge in [0, 0.05) is 2.74 Å². The van der Waals surface area contributed by atoms with Crippen LogP contribution in [0, 0.1) is 17.7 Å². The van der Waals surface area contributed by atoms with Crippen molar-refractivity contribution in [3.05, 3.63) is 0 Å². The Balaban J connectivity index is 2.75. The number of rotatable bonds is 0. The van der Waals surface area contributed by atoms with Crippen LogP contribution in [-0.4, -0.2) is 0 Å². The van der Waals surface area contributed by atoms with E-state index in [1.165, 1.54) is 0 Å². The Morgan fingerprint density at radius 2 is 2.12 bits per heavy atom. The van der Waals surface area contributed by atoms with E-state index in [4.69, 9.17) is 2.74 Å². The highest BCUT2D eigenvalue weighted by Crippen LogP contribution is 2.34. The fourth-order valence-corrected chi connectivity index (χ4v) is 1.42. The standard InChI is InChI=1S/C8H16/c1-6-4-7(2)8(3)5-6/h6-8H,4-5H2,1-3H3/i4T,7T. The zero-order chi connectivity index (χ0) is 7.94. The summed E-state index contributed by atoms with van der Waals surface area (Å²) in [6.07, 6.45) is 0.872. The Hall–Kier alpha value is 0. The van der Waals surface area contributed by atoms with Crippen LogP contribution in [0.3, 0.4) is 0 Å². The molecule has 0 heteroatoms. The van der Waals surface area contributed by atoms with Crippen LogP contribution < -0.4 is 0 Å². The predicted octanol–water partition coefficient (Wildman–Crippen LogP) is 2.69. The molecule has 0 saturated heterocycles. The van der Waals surface area contributed by atoms with Crippen molar-refractivity contribution in [2.24, 2.45) is 17.7 Å². The van der Waals surface area contributed by atoms with Crippen molar-refractivity contribution in [2.45, 2.75) is 33.6 Å². The SMILES string of the molecule is [3H]C1C(C)CC(C)C1([3H])C. The molecule has 4 atom stereocenters. The topological polar surface area (TPSA) is 0 Å².